The SMILES string of the molecule is Cc1ccc(Oc2cc(C(N)=O)ccc2N)cc1. The predicted octanol–water partition coefficient (Wildman–Crippen LogP) is 2.47. The van der Waals surface area contributed by atoms with Gasteiger partial charge in [-0.15, -0.1) is 0 Å². The molecule has 0 heterocycles. The lowest BCUT2D eigenvalue weighted by Gasteiger charge is -2.09. The Hall–Kier alpha value is -2.49. The van der Waals surface area contributed by atoms with Crippen LogP contribution in [0.15, 0.2) is 42.5 Å². The van der Waals surface area contributed by atoms with E-state index in [0.717, 1.165) is 5.56 Å². The summed E-state index contributed by atoms with van der Waals surface area (Å²) in [6, 6.07) is 12.3. The van der Waals surface area contributed by atoms with E-state index >= 15 is 0 Å². The van der Waals surface area contributed by atoms with E-state index in [0.29, 0.717) is 22.7 Å². The van der Waals surface area contributed by atoms with Gasteiger partial charge in [0.2, 0.25) is 5.91 Å². The van der Waals surface area contributed by atoms with Crippen molar-refractivity contribution in [1.82, 2.24) is 0 Å². The summed E-state index contributed by atoms with van der Waals surface area (Å²) in [5.41, 5.74) is 13.0. The van der Waals surface area contributed by atoms with Crippen molar-refractivity contribution in [2.75, 3.05) is 5.73 Å². The zero-order chi connectivity index (χ0) is 13.1. The molecule has 92 valence electrons. The molecule has 1 amide bonds. The molecule has 0 unspecified atom stereocenters. The number of carbonyl (C=O) groups is 1. The molecule has 0 spiro atoms. The van der Waals surface area contributed by atoms with Crippen LogP contribution in [0, 0.1) is 6.92 Å². The predicted molar refractivity (Wildman–Crippen MR) is 70.6 cm³/mol. The van der Waals surface area contributed by atoms with Crippen LogP contribution < -0.4 is 16.2 Å². The fourth-order valence-electron chi connectivity index (χ4n) is 1.51. The summed E-state index contributed by atoms with van der Waals surface area (Å²) >= 11 is 0. The van der Waals surface area contributed by atoms with Crippen molar-refractivity contribution in [3.63, 3.8) is 0 Å². The largest absolute Gasteiger partial charge is 0.455 e. The third kappa shape index (κ3) is 2.60. The minimum Gasteiger partial charge on any atom is -0.455 e. The maximum Gasteiger partial charge on any atom is 0.248 e. The van der Waals surface area contributed by atoms with Gasteiger partial charge in [-0.05, 0) is 37.3 Å². The summed E-state index contributed by atoms with van der Waals surface area (Å²) in [6.07, 6.45) is 0. The quantitative estimate of drug-likeness (QED) is 0.811. The van der Waals surface area contributed by atoms with E-state index in [4.69, 9.17) is 16.2 Å². The van der Waals surface area contributed by atoms with Gasteiger partial charge in [0.1, 0.15) is 5.75 Å². The number of primary amides is 1. The van der Waals surface area contributed by atoms with Gasteiger partial charge in [-0.1, -0.05) is 17.7 Å². The lowest BCUT2D eigenvalue weighted by atomic mass is 10.2. The van der Waals surface area contributed by atoms with Gasteiger partial charge >= 0.3 is 0 Å². The van der Waals surface area contributed by atoms with Crippen LogP contribution in [0.5, 0.6) is 11.5 Å². The van der Waals surface area contributed by atoms with Crippen molar-refractivity contribution in [2.45, 2.75) is 6.92 Å². The Bertz CT molecular complexity index is 577. The van der Waals surface area contributed by atoms with Crippen LogP contribution in [-0.2, 0) is 0 Å². The molecular formula is C14H14N2O2. The maximum atomic E-state index is 11.1. The highest BCUT2D eigenvalue weighted by atomic mass is 16.5. The number of carbonyl (C=O) groups excluding carboxylic acids is 1. The number of hydrogen-bond acceptors (Lipinski definition) is 3. The molecular weight excluding hydrogens is 228 g/mol. The summed E-state index contributed by atoms with van der Waals surface area (Å²) in [7, 11) is 0. The molecule has 2 rings (SSSR count). The van der Waals surface area contributed by atoms with Crippen molar-refractivity contribution in [1.29, 1.82) is 0 Å². The number of aryl methyl sites for hydroxylation is 1. The molecule has 4 N–H and O–H groups in total. The molecule has 0 saturated carbocycles. The Balaban J connectivity index is 2.30. The van der Waals surface area contributed by atoms with Gasteiger partial charge < -0.3 is 16.2 Å². The van der Waals surface area contributed by atoms with Gasteiger partial charge in [0.25, 0.3) is 0 Å². The average molecular weight is 242 g/mol. The number of anilines is 1. The fraction of sp³-hybridized carbons (Fsp3) is 0.0714. The van der Waals surface area contributed by atoms with Crippen LogP contribution in [0.3, 0.4) is 0 Å². The van der Waals surface area contributed by atoms with Gasteiger partial charge in [0, 0.05) is 5.56 Å². The van der Waals surface area contributed by atoms with Gasteiger partial charge in [0.05, 0.1) is 5.69 Å². The molecule has 2 aromatic rings. The highest BCUT2D eigenvalue weighted by Gasteiger charge is 2.07. The average Bonchev–Trinajstić information content (AvgIpc) is 2.34. The third-order valence-electron chi connectivity index (χ3n) is 2.55. The zero-order valence-electron chi connectivity index (χ0n) is 10.0. The van der Waals surface area contributed by atoms with Gasteiger partial charge in [0.15, 0.2) is 5.75 Å². The second-order valence-electron chi connectivity index (χ2n) is 4.03. The molecule has 0 aliphatic carbocycles. The zero-order valence-corrected chi connectivity index (χ0v) is 10.0. The summed E-state index contributed by atoms with van der Waals surface area (Å²) in [4.78, 5) is 11.1. The molecule has 0 aromatic heterocycles. The Morgan fingerprint density at radius 3 is 2.39 bits per heavy atom. The number of benzene rings is 2. The number of hydrogen-bond donors (Lipinski definition) is 2. The van der Waals surface area contributed by atoms with E-state index in [1.165, 1.54) is 6.07 Å². The first kappa shape index (κ1) is 12.0. The van der Waals surface area contributed by atoms with Crippen LogP contribution >= 0.6 is 0 Å². The van der Waals surface area contributed by atoms with E-state index < -0.39 is 5.91 Å². The van der Waals surface area contributed by atoms with Crippen LogP contribution in [0.2, 0.25) is 0 Å². The molecule has 18 heavy (non-hydrogen) atoms. The lowest BCUT2D eigenvalue weighted by molar-refractivity contribution is 0.1000. The molecule has 0 bridgehead atoms. The van der Waals surface area contributed by atoms with Crippen molar-refractivity contribution in [3.05, 3.63) is 53.6 Å². The maximum absolute atomic E-state index is 11.1. The summed E-state index contributed by atoms with van der Waals surface area (Å²) in [6.45, 7) is 1.99. The number of nitrogens with two attached hydrogens (primary N) is 2. The van der Waals surface area contributed by atoms with E-state index in [-0.39, 0.29) is 0 Å². The topological polar surface area (TPSA) is 78.3 Å². The van der Waals surface area contributed by atoms with Crippen LogP contribution in [0.1, 0.15) is 15.9 Å². The number of rotatable bonds is 3. The van der Waals surface area contributed by atoms with Crippen molar-refractivity contribution in [2.24, 2.45) is 5.73 Å². The van der Waals surface area contributed by atoms with E-state index in [2.05, 4.69) is 0 Å². The van der Waals surface area contributed by atoms with E-state index in [1.807, 2.05) is 31.2 Å². The first-order valence-electron chi connectivity index (χ1n) is 5.50. The second kappa shape index (κ2) is 4.79. The molecule has 2 aromatic carbocycles. The Kier molecular flexibility index (Phi) is 3.19. The first-order chi connectivity index (χ1) is 8.56. The standard InChI is InChI=1S/C14H14N2O2/c1-9-2-5-11(6-3-9)18-13-8-10(14(16)17)4-7-12(13)15/h2-8H,15H2,1H3,(H2,16,17). The van der Waals surface area contributed by atoms with Crippen molar-refractivity contribution < 1.29 is 9.53 Å². The molecule has 0 aliphatic rings. The minimum absolute atomic E-state index is 0.367. The van der Waals surface area contributed by atoms with Crippen molar-refractivity contribution in [3.8, 4) is 11.5 Å². The van der Waals surface area contributed by atoms with E-state index in [9.17, 15) is 4.79 Å². The Labute approximate surface area is 105 Å². The Morgan fingerprint density at radius 1 is 1.11 bits per heavy atom. The van der Waals surface area contributed by atoms with E-state index in [1.54, 1.807) is 12.1 Å². The summed E-state index contributed by atoms with van der Waals surface area (Å²) in [5, 5.41) is 0. The lowest BCUT2D eigenvalue weighted by Crippen LogP contribution is -2.11. The number of ether oxygens (including phenoxy) is 1. The molecule has 0 radical (unpaired) electrons. The summed E-state index contributed by atoms with van der Waals surface area (Å²) < 4.78 is 5.62. The highest BCUT2D eigenvalue weighted by molar-refractivity contribution is 5.93. The van der Waals surface area contributed by atoms with Gasteiger partial charge in [-0.2, -0.15) is 0 Å². The molecule has 4 nitrogen and oxygen atoms in total. The smallest absolute Gasteiger partial charge is 0.248 e. The monoisotopic (exact) mass is 242 g/mol. The molecule has 4 heteroatoms. The van der Waals surface area contributed by atoms with Crippen LogP contribution in [0.4, 0.5) is 5.69 Å². The van der Waals surface area contributed by atoms with Crippen molar-refractivity contribution >= 4 is 11.6 Å². The molecule has 0 atom stereocenters. The second-order valence-corrected chi connectivity index (χ2v) is 4.03. The molecule has 0 fully saturated rings. The van der Waals surface area contributed by atoms with Crippen LogP contribution in [0.25, 0.3) is 0 Å². The fourth-order valence-corrected chi connectivity index (χ4v) is 1.51. The first-order valence-corrected chi connectivity index (χ1v) is 5.50. The molecule has 0 saturated heterocycles. The number of amides is 1. The highest BCUT2D eigenvalue weighted by Crippen LogP contribution is 2.28. The van der Waals surface area contributed by atoms with Gasteiger partial charge in [-0.25, -0.2) is 0 Å². The number of nitrogen functional groups attached to an aromatic ring is 1. The third-order valence-corrected chi connectivity index (χ3v) is 2.55. The minimum atomic E-state index is -0.510. The summed E-state index contributed by atoms with van der Waals surface area (Å²) in [5.74, 6) is 0.577. The molecule has 0 aliphatic heterocycles. The normalized spacial score (nSPS) is 10.1. The van der Waals surface area contributed by atoms with Crippen LogP contribution in [-0.4, -0.2) is 5.91 Å². The van der Waals surface area contributed by atoms with Gasteiger partial charge in [-0.3, -0.25) is 4.79 Å². The Morgan fingerprint density at radius 2 is 1.78 bits per heavy atom.